The fraction of sp³-hybridized carbons (Fsp3) is 0.700. The molecule has 2 amide bonds. The van der Waals surface area contributed by atoms with Crippen molar-refractivity contribution in [3.05, 3.63) is 23.7 Å². The lowest BCUT2D eigenvalue weighted by molar-refractivity contribution is -0.127. The summed E-state index contributed by atoms with van der Waals surface area (Å²) >= 11 is 0. The van der Waals surface area contributed by atoms with Gasteiger partial charge >= 0.3 is 0 Å². The zero-order valence-corrected chi connectivity index (χ0v) is 15.6. The summed E-state index contributed by atoms with van der Waals surface area (Å²) in [6.45, 7) is 5.35. The second-order valence-electron chi connectivity index (χ2n) is 8.03. The van der Waals surface area contributed by atoms with Crippen LogP contribution >= 0.6 is 0 Å². The Hall–Kier alpha value is -1.82. The molecule has 0 radical (unpaired) electrons. The van der Waals surface area contributed by atoms with Crippen LogP contribution in [-0.4, -0.2) is 59.9 Å². The fourth-order valence-electron chi connectivity index (χ4n) is 4.31. The number of piperidine rings is 2. The first-order valence-corrected chi connectivity index (χ1v) is 9.99. The Morgan fingerprint density at radius 2 is 1.88 bits per heavy atom. The van der Waals surface area contributed by atoms with Crippen LogP contribution in [0.2, 0.25) is 0 Å². The van der Waals surface area contributed by atoms with E-state index in [1.165, 1.54) is 0 Å². The molecule has 1 aromatic rings. The summed E-state index contributed by atoms with van der Waals surface area (Å²) in [7, 11) is 0. The van der Waals surface area contributed by atoms with Gasteiger partial charge in [0.15, 0.2) is 0 Å². The largest absolute Gasteiger partial charge is 0.469 e. The van der Waals surface area contributed by atoms with E-state index < -0.39 is 0 Å². The Morgan fingerprint density at radius 3 is 2.54 bits per heavy atom. The van der Waals surface area contributed by atoms with Crippen molar-refractivity contribution >= 4 is 11.8 Å². The normalized spacial score (nSPS) is 25.3. The minimum absolute atomic E-state index is 0.0787. The predicted molar refractivity (Wildman–Crippen MR) is 97.8 cm³/mol. The van der Waals surface area contributed by atoms with Crippen LogP contribution in [0.1, 0.15) is 54.6 Å². The Kier molecular flexibility index (Phi) is 5.02. The van der Waals surface area contributed by atoms with Crippen LogP contribution in [0.5, 0.6) is 0 Å². The number of likely N-dealkylation sites (tertiary alicyclic amines) is 2. The van der Waals surface area contributed by atoms with Gasteiger partial charge in [0.2, 0.25) is 5.91 Å². The minimum Gasteiger partial charge on any atom is -0.469 e. The summed E-state index contributed by atoms with van der Waals surface area (Å²) in [5, 5.41) is 3.16. The number of nitrogens with zero attached hydrogens (tertiary/aromatic N) is 2. The molecule has 0 spiro atoms. The lowest BCUT2D eigenvalue weighted by Crippen LogP contribution is -2.51. The Morgan fingerprint density at radius 1 is 1.12 bits per heavy atom. The molecule has 0 aromatic carbocycles. The molecule has 3 aliphatic rings. The van der Waals surface area contributed by atoms with Crippen molar-refractivity contribution < 1.29 is 14.0 Å². The van der Waals surface area contributed by atoms with Crippen molar-refractivity contribution in [3.63, 3.8) is 0 Å². The van der Waals surface area contributed by atoms with E-state index in [-0.39, 0.29) is 17.7 Å². The van der Waals surface area contributed by atoms with Gasteiger partial charge in [-0.1, -0.05) is 0 Å². The van der Waals surface area contributed by atoms with Crippen LogP contribution in [0, 0.1) is 12.8 Å². The van der Waals surface area contributed by atoms with Gasteiger partial charge in [-0.2, -0.15) is 0 Å². The maximum atomic E-state index is 12.6. The highest BCUT2D eigenvalue weighted by Gasteiger charge is 2.34. The number of carbonyl (C=O) groups excluding carboxylic acids is 2. The van der Waals surface area contributed by atoms with Gasteiger partial charge in [-0.05, 0) is 58.1 Å². The molecule has 3 heterocycles. The topological polar surface area (TPSA) is 65.8 Å². The van der Waals surface area contributed by atoms with Gasteiger partial charge < -0.3 is 14.6 Å². The first kappa shape index (κ1) is 17.6. The molecule has 6 nitrogen and oxygen atoms in total. The van der Waals surface area contributed by atoms with Crippen LogP contribution in [0.3, 0.4) is 0 Å². The van der Waals surface area contributed by atoms with E-state index in [0.717, 1.165) is 64.7 Å². The molecule has 3 fully saturated rings. The zero-order chi connectivity index (χ0) is 18.1. The second-order valence-corrected chi connectivity index (χ2v) is 8.03. The molecule has 26 heavy (non-hydrogen) atoms. The maximum absolute atomic E-state index is 12.6. The third-order valence-electron chi connectivity index (χ3n) is 6.10. The van der Waals surface area contributed by atoms with Crippen molar-refractivity contribution in [1.82, 2.24) is 15.1 Å². The number of aryl methyl sites for hydroxylation is 1. The van der Waals surface area contributed by atoms with Crippen LogP contribution in [0.25, 0.3) is 0 Å². The number of amides is 2. The Bertz CT molecular complexity index is 659. The SMILES string of the molecule is Cc1occc1C(=O)N1CCC(N2CCC[C@@H](C(=O)NC3CC3)C2)CC1. The third kappa shape index (κ3) is 3.80. The van der Waals surface area contributed by atoms with Crippen molar-refractivity contribution in [2.45, 2.75) is 57.5 Å². The number of hydrogen-bond acceptors (Lipinski definition) is 4. The maximum Gasteiger partial charge on any atom is 0.257 e. The summed E-state index contributed by atoms with van der Waals surface area (Å²) in [6.07, 6.45) is 7.94. The van der Waals surface area contributed by atoms with Gasteiger partial charge in [-0.25, -0.2) is 0 Å². The van der Waals surface area contributed by atoms with E-state index in [9.17, 15) is 9.59 Å². The summed E-state index contributed by atoms with van der Waals surface area (Å²) in [5.74, 6) is 1.16. The molecule has 1 aliphatic carbocycles. The quantitative estimate of drug-likeness (QED) is 0.895. The first-order chi connectivity index (χ1) is 12.6. The monoisotopic (exact) mass is 359 g/mol. The van der Waals surface area contributed by atoms with Gasteiger partial charge in [0.25, 0.3) is 5.91 Å². The number of nitrogens with one attached hydrogen (secondary N) is 1. The van der Waals surface area contributed by atoms with E-state index in [1.54, 1.807) is 12.3 Å². The zero-order valence-electron chi connectivity index (χ0n) is 15.6. The van der Waals surface area contributed by atoms with E-state index in [0.29, 0.717) is 23.4 Å². The van der Waals surface area contributed by atoms with Gasteiger partial charge in [0.1, 0.15) is 5.76 Å². The van der Waals surface area contributed by atoms with Gasteiger partial charge in [-0.3, -0.25) is 14.5 Å². The Labute approximate surface area is 154 Å². The van der Waals surface area contributed by atoms with Crippen molar-refractivity contribution in [3.8, 4) is 0 Å². The average Bonchev–Trinajstić information content (AvgIpc) is 3.39. The third-order valence-corrected chi connectivity index (χ3v) is 6.10. The van der Waals surface area contributed by atoms with E-state index in [2.05, 4.69) is 10.2 Å². The molecule has 6 heteroatoms. The lowest BCUT2D eigenvalue weighted by Gasteiger charge is -2.42. The smallest absolute Gasteiger partial charge is 0.257 e. The highest BCUT2D eigenvalue weighted by atomic mass is 16.3. The predicted octanol–water partition coefficient (Wildman–Crippen LogP) is 2.18. The number of hydrogen-bond donors (Lipinski definition) is 1. The van der Waals surface area contributed by atoms with Gasteiger partial charge in [-0.15, -0.1) is 0 Å². The summed E-state index contributed by atoms with van der Waals surface area (Å²) in [6, 6.07) is 2.69. The van der Waals surface area contributed by atoms with Crippen molar-refractivity contribution in [1.29, 1.82) is 0 Å². The fourth-order valence-corrected chi connectivity index (χ4v) is 4.31. The summed E-state index contributed by atoms with van der Waals surface area (Å²) in [5.41, 5.74) is 0.679. The highest BCUT2D eigenvalue weighted by Crippen LogP contribution is 2.26. The molecule has 1 atom stereocenters. The van der Waals surface area contributed by atoms with Crippen molar-refractivity contribution in [2.24, 2.45) is 5.92 Å². The highest BCUT2D eigenvalue weighted by molar-refractivity contribution is 5.95. The van der Waals surface area contributed by atoms with Crippen LogP contribution < -0.4 is 5.32 Å². The number of carbonyl (C=O) groups is 2. The molecular weight excluding hydrogens is 330 g/mol. The first-order valence-electron chi connectivity index (χ1n) is 9.99. The molecule has 142 valence electrons. The standard InChI is InChI=1S/C20H29N3O3/c1-14-18(8-12-26-14)20(25)22-10-6-17(7-11-22)23-9-2-3-15(13-23)19(24)21-16-4-5-16/h8,12,15-17H,2-7,9-11,13H2,1H3,(H,21,24)/t15-/m1/s1. The molecule has 0 unspecified atom stereocenters. The molecule has 1 N–H and O–H groups in total. The van der Waals surface area contributed by atoms with Crippen LogP contribution in [0.15, 0.2) is 16.7 Å². The molecule has 1 saturated carbocycles. The molecule has 4 rings (SSSR count). The Balaban J connectivity index is 1.29. The number of furan rings is 1. The van der Waals surface area contributed by atoms with E-state index in [4.69, 9.17) is 4.42 Å². The number of rotatable bonds is 4. The molecule has 1 aromatic heterocycles. The molecule has 0 bridgehead atoms. The summed E-state index contributed by atoms with van der Waals surface area (Å²) < 4.78 is 5.27. The molecule has 2 aliphatic heterocycles. The minimum atomic E-state index is 0.0787. The lowest BCUT2D eigenvalue weighted by atomic mass is 9.93. The summed E-state index contributed by atoms with van der Waals surface area (Å²) in [4.78, 5) is 29.4. The van der Waals surface area contributed by atoms with Crippen LogP contribution in [-0.2, 0) is 4.79 Å². The van der Waals surface area contributed by atoms with E-state index in [1.807, 2.05) is 11.8 Å². The molecule has 2 saturated heterocycles. The van der Waals surface area contributed by atoms with Gasteiger partial charge in [0, 0.05) is 31.7 Å². The van der Waals surface area contributed by atoms with Crippen molar-refractivity contribution in [2.75, 3.05) is 26.2 Å². The second kappa shape index (κ2) is 7.43. The van der Waals surface area contributed by atoms with E-state index >= 15 is 0 Å². The molecular formula is C20H29N3O3. The van der Waals surface area contributed by atoms with Gasteiger partial charge in [0.05, 0.1) is 17.7 Å². The van der Waals surface area contributed by atoms with Crippen LogP contribution in [0.4, 0.5) is 0 Å². The average molecular weight is 359 g/mol.